The van der Waals surface area contributed by atoms with Crippen LogP contribution in [0.3, 0.4) is 0 Å². The predicted octanol–water partition coefficient (Wildman–Crippen LogP) is 2.44. The first-order chi connectivity index (χ1) is 8.20. The van der Waals surface area contributed by atoms with Gasteiger partial charge in [-0.3, -0.25) is 4.90 Å². The fourth-order valence-electron chi connectivity index (χ4n) is 2.27. The van der Waals surface area contributed by atoms with Crippen molar-refractivity contribution in [2.24, 2.45) is 0 Å². The molecule has 1 saturated heterocycles. The molecule has 94 valence electrons. The lowest BCUT2D eigenvalue weighted by molar-refractivity contribution is 0.0559. The van der Waals surface area contributed by atoms with Crippen LogP contribution in [0, 0.1) is 0 Å². The minimum absolute atomic E-state index is 0.284. The van der Waals surface area contributed by atoms with Crippen molar-refractivity contribution in [1.82, 2.24) is 4.90 Å². The van der Waals surface area contributed by atoms with Crippen LogP contribution in [0.1, 0.15) is 42.5 Å². The summed E-state index contributed by atoms with van der Waals surface area (Å²) in [6.45, 7) is 4.12. The molecule has 2 rings (SSSR count). The van der Waals surface area contributed by atoms with E-state index in [1.165, 1.54) is 26.4 Å². The lowest BCUT2D eigenvalue weighted by atomic mass is 10.0. The molecular weight excluding hydrogens is 218 g/mol. The number of piperidine rings is 1. The Morgan fingerprint density at radius 3 is 3.06 bits per heavy atom. The van der Waals surface area contributed by atoms with Crippen LogP contribution in [0.4, 0.5) is 0 Å². The van der Waals surface area contributed by atoms with E-state index in [2.05, 4.69) is 16.6 Å². The molecule has 1 fully saturated rings. The molecule has 17 heavy (non-hydrogen) atoms. The highest BCUT2D eigenvalue weighted by atomic mass is 16.5. The van der Waals surface area contributed by atoms with E-state index in [9.17, 15) is 4.79 Å². The summed E-state index contributed by atoms with van der Waals surface area (Å²) < 4.78 is 10.1. The van der Waals surface area contributed by atoms with Gasteiger partial charge in [0.25, 0.3) is 0 Å². The zero-order chi connectivity index (χ0) is 12.3. The van der Waals surface area contributed by atoms with Gasteiger partial charge in [-0.05, 0) is 38.4 Å². The Bertz CT molecular complexity index is 386. The van der Waals surface area contributed by atoms with Gasteiger partial charge in [-0.15, -0.1) is 0 Å². The number of hydrogen-bond donors (Lipinski definition) is 0. The van der Waals surface area contributed by atoms with Crippen LogP contribution in [-0.4, -0.2) is 30.6 Å². The molecule has 1 aromatic rings. The van der Waals surface area contributed by atoms with Crippen LogP contribution in [-0.2, 0) is 11.3 Å². The van der Waals surface area contributed by atoms with Gasteiger partial charge in [-0.2, -0.15) is 0 Å². The van der Waals surface area contributed by atoms with Gasteiger partial charge in [0.05, 0.1) is 13.7 Å². The highest BCUT2D eigenvalue weighted by molar-refractivity contribution is 5.86. The molecule has 0 amide bonds. The monoisotopic (exact) mass is 237 g/mol. The maximum atomic E-state index is 11.3. The van der Waals surface area contributed by atoms with Crippen LogP contribution in [0.2, 0.25) is 0 Å². The summed E-state index contributed by atoms with van der Waals surface area (Å²) in [5, 5.41) is 0. The lowest BCUT2D eigenvalue weighted by Gasteiger charge is -2.32. The SMILES string of the molecule is COC(=O)c1ccc(CN2CCCCC2C)o1. The van der Waals surface area contributed by atoms with E-state index >= 15 is 0 Å². The molecule has 0 radical (unpaired) electrons. The third kappa shape index (κ3) is 2.88. The topological polar surface area (TPSA) is 42.7 Å². The Labute approximate surface area is 102 Å². The number of carbonyl (C=O) groups excluding carboxylic acids is 1. The fraction of sp³-hybridized carbons (Fsp3) is 0.615. The summed E-state index contributed by atoms with van der Waals surface area (Å²) in [4.78, 5) is 13.6. The first kappa shape index (κ1) is 12.2. The summed E-state index contributed by atoms with van der Waals surface area (Å²) in [7, 11) is 1.36. The van der Waals surface area contributed by atoms with Gasteiger partial charge in [0.15, 0.2) is 0 Å². The van der Waals surface area contributed by atoms with E-state index in [0.717, 1.165) is 18.8 Å². The Kier molecular flexibility index (Phi) is 3.84. The molecule has 2 heterocycles. The van der Waals surface area contributed by atoms with Crippen LogP contribution in [0.15, 0.2) is 16.5 Å². The number of rotatable bonds is 3. The summed E-state index contributed by atoms with van der Waals surface area (Å²) in [6.07, 6.45) is 3.79. The average Bonchev–Trinajstić information content (AvgIpc) is 2.80. The highest BCUT2D eigenvalue weighted by Crippen LogP contribution is 2.20. The average molecular weight is 237 g/mol. The number of likely N-dealkylation sites (tertiary alicyclic amines) is 1. The molecule has 4 heteroatoms. The fourth-order valence-corrected chi connectivity index (χ4v) is 2.27. The first-order valence-electron chi connectivity index (χ1n) is 6.12. The molecule has 1 aliphatic rings. The van der Waals surface area contributed by atoms with E-state index in [1.807, 2.05) is 6.07 Å². The minimum atomic E-state index is -0.414. The highest BCUT2D eigenvalue weighted by Gasteiger charge is 2.20. The van der Waals surface area contributed by atoms with Crippen LogP contribution in [0.25, 0.3) is 0 Å². The Morgan fingerprint density at radius 2 is 2.35 bits per heavy atom. The Hall–Kier alpha value is -1.29. The van der Waals surface area contributed by atoms with Gasteiger partial charge in [0.1, 0.15) is 5.76 Å². The second-order valence-electron chi connectivity index (χ2n) is 4.57. The summed E-state index contributed by atoms with van der Waals surface area (Å²) in [6, 6.07) is 4.12. The van der Waals surface area contributed by atoms with Gasteiger partial charge < -0.3 is 9.15 Å². The maximum absolute atomic E-state index is 11.3. The molecule has 0 aliphatic carbocycles. The zero-order valence-corrected chi connectivity index (χ0v) is 10.4. The third-order valence-electron chi connectivity index (χ3n) is 3.35. The number of nitrogens with zero attached hydrogens (tertiary/aromatic N) is 1. The molecular formula is C13H19NO3. The second kappa shape index (κ2) is 5.36. The van der Waals surface area contributed by atoms with Crippen LogP contribution >= 0.6 is 0 Å². The summed E-state index contributed by atoms with van der Waals surface area (Å²) in [5.41, 5.74) is 0. The van der Waals surface area contributed by atoms with Gasteiger partial charge in [-0.1, -0.05) is 6.42 Å². The van der Waals surface area contributed by atoms with Crippen LogP contribution in [0.5, 0.6) is 0 Å². The number of esters is 1. The number of hydrogen-bond acceptors (Lipinski definition) is 4. The Morgan fingerprint density at radius 1 is 1.53 bits per heavy atom. The molecule has 1 aliphatic heterocycles. The molecule has 1 atom stereocenters. The maximum Gasteiger partial charge on any atom is 0.373 e. The largest absolute Gasteiger partial charge is 0.463 e. The Balaban J connectivity index is 1.98. The molecule has 0 aromatic carbocycles. The standard InChI is InChI=1S/C13H19NO3/c1-10-5-3-4-8-14(10)9-11-6-7-12(17-11)13(15)16-2/h6-7,10H,3-5,8-9H2,1-2H3. The molecule has 1 aromatic heterocycles. The van der Waals surface area contributed by atoms with Crippen molar-refractivity contribution in [1.29, 1.82) is 0 Å². The molecule has 1 unspecified atom stereocenters. The van der Waals surface area contributed by atoms with E-state index in [1.54, 1.807) is 6.07 Å². The second-order valence-corrected chi connectivity index (χ2v) is 4.57. The molecule has 0 bridgehead atoms. The van der Waals surface area contributed by atoms with Crippen molar-refractivity contribution in [3.63, 3.8) is 0 Å². The van der Waals surface area contributed by atoms with E-state index in [0.29, 0.717) is 6.04 Å². The van der Waals surface area contributed by atoms with Crippen molar-refractivity contribution in [3.05, 3.63) is 23.7 Å². The normalized spacial score (nSPS) is 21.4. The number of carbonyl (C=O) groups is 1. The van der Waals surface area contributed by atoms with Crippen LogP contribution < -0.4 is 0 Å². The first-order valence-corrected chi connectivity index (χ1v) is 6.12. The molecule has 4 nitrogen and oxygen atoms in total. The van der Waals surface area contributed by atoms with Crippen molar-refractivity contribution in [2.75, 3.05) is 13.7 Å². The lowest BCUT2D eigenvalue weighted by Crippen LogP contribution is -2.36. The van der Waals surface area contributed by atoms with E-state index < -0.39 is 5.97 Å². The summed E-state index contributed by atoms with van der Waals surface area (Å²) in [5.74, 6) is 0.703. The number of furan rings is 1. The quantitative estimate of drug-likeness (QED) is 0.757. The van der Waals surface area contributed by atoms with Crippen molar-refractivity contribution in [3.8, 4) is 0 Å². The van der Waals surface area contributed by atoms with Gasteiger partial charge >= 0.3 is 5.97 Å². The zero-order valence-electron chi connectivity index (χ0n) is 10.4. The number of methoxy groups -OCH3 is 1. The smallest absolute Gasteiger partial charge is 0.373 e. The van der Waals surface area contributed by atoms with E-state index in [4.69, 9.17) is 4.42 Å². The van der Waals surface area contributed by atoms with Gasteiger partial charge in [-0.25, -0.2) is 4.79 Å². The van der Waals surface area contributed by atoms with Crippen molar-refractivity contribution >= 4 is 5.97 Å². The molecule has 0 saturated carbocycles. The predicted molar refractivity (Wildman–Crippen MR) is 63.8 cm³/mol. The summed E-state index contributed by atoms with van der Waals surface area (Å²) >= 11 is 0. The number of ether oxygens (including phenoxy) is 1. The van der Waals surface area contributed by atoms with Gasteiger partial charge in [0.2, 0.25) is 5.76 Å². The van der Waals surface area contributed by atoms with Crippen molar-refractivity contribution < 1.29 is 13.9 Å². The van der Waals surface area contributed by atoms with E-state index in [-0.39, 0.29) is 5.76 Å². The molecule has 0 spiro atoms. The minimum Gasteiger partial charge on any atom is -0.463 e. The third-order valence-corrected chi connectivity index (χ3v) is 3.35. The van der Waals surface area contributed by atoms with Gasteiger partial charge in [0, 0.05) is 6.04 Å². The molecule has 0 N–H and O–H groups in total. The van der Waals surface area contributed by atoms with Crippen molar-refractivity contribution in [2.45, 2.75) is 38.8 Å².